The molecule has 0 radical (unpaired) electrons. The zero-order chi connectivity index (χ0) is 49.8. The molecule has 4 atom stereocenters. The zero-order valence-corrected chi connectivity index (χ0v) is 43.9. The lowest BCUT2D eigenvalue weighted by atomic mass is 9.63. The predicted octanol–water partition coefficient (Wildman–Crippen LogP) is 20.3. The Morgan fingerprint density at radius 2 is 0.622 bits per heavy atom. The van der Waals surface area contributed by atoms with E-state index in [4.69, 9.17) is 0 Å². The molecule has 4 unspecified atom stereocenters. The molecule has 0 spiro atoms. The molecule has 14 rings (SSSR count). The van der Waals surface area contributed by atoms with Gasteiger partial charge in [0.2, 0.25) is 0 Å². The topological polar surface area (TPSA) is 6.48 Å². The summed E-state index contributed by atoms with van der Waals surface area (Å²) in [5, 5.41) is 7.99. The van der Waals surface area contributed by atoms with Gasteiger partial charge in [-0.1, -0.05) is 199 Å². The minimum atomic E-state index is -0.0409. The molecule has 4 aliphatic rings. The highest BCUT2D eigenvalue weighted by atomic mass is 15.3. The molecule has 2 heterocycles. The zero-order valence-electron chi connectivity index (χ0n) is 43.9. The Bertz CT molecular complexity index is 3500. The molecule has 2 aliphatic carbocycles. The monoisotopic (exact) mass is 961 g/mol. The summed E-state index contributed by atoms with van der Waals surface area (Å²) in [4.78, 5) is 5.47. The largest absolute Gasteiger partial charge is 0.334 e. The van der Waals surface area contributed by atoms with Crippen LogP contribution >= 0.6 is 0 Å². The van der Waals surface area contributed by atoms with Crippen molar-refractivity contribution in [2.24, 2.45) is 0 Å². The normalized spacial score (nSPS) is 23.7. The van der Waals surface area contributed by atoms with Gasteiger partial charge in [0.25, 0.3) is 0 Å². The highest BCUT2D eigenvalue weighted by Crippen LogP contribution is 2.62. The Kier molecular flexibility index (Phi) is 10.6. The van der Waals surface area contributed by atoms with Crippen LogP contribution < -0.4 is 9.80 Å². The van der Waals surface area contributed by atoms with E-state index in [0.717, 1.165) is 0 Å². The van der Waals surface area contributed by atoms with Crippen LogP contribution in [0.2, 0.25) is 0 Å². The van der Waals surface area contributed by atoms with Crippen molar-refractivity contribution < 1.29 is 0 Å². The van der Waals surface area contributed by atoms with Crippen LogP contribution in [0, 0.1) is 0 Å². The van der Waals surface area contributed by atoms with E-state index in [1.54, 1.807) is 0 Å². The summed E-state index contributed by atoms with van der Waals surface area (Å²) in [6.45, 7) is 10.4. The maximum Gasteiger partial charge on any atom is 0.0517 e. The molecule has 0 saturated heterocycles. The van der Waals surface area contributed by atoms with Crippen molar-refractivity contribution in [2.75, 3.05) is 9.80 Å². The molecular formula is C72H68N2. The van der Waals surface area contributed by atoms with Crippen LogP contribution in [0.5, 0.6) is 0 Å². The third kappa shape index (κ3) is 6.55. The van der Waals surface area contributed by atoms with E-state index in [1.807, 2.05) is 0 Å². The molecule has 2 fully saturated rings. The molecular weight excluding hydrogens is 893 g/mol. The molecule has 74 heavy (non-hydrogen) atoms. The van der Waals surface area contributed by atoms with Crippen LogP contribution in [-0.2, 0) is 10.8 Å². The van der Waals surface area contributed by atoms with Crippen LogP contribution in [-0.4, -0.2) is 11.1 Å². The summed E-state index contributed by atoms with van der Waals surface area (Å²) in [5.74, 6) is 0. The van der Waals surface area contributed by atoms with Gasteiger partial charge in [-0.15, -0.1) is 0 Å². The molecule has 2 heteroatoms. The van der Waals surface area contributed by atoms with Gasteiger partial charge in [-0.25, -0.2) is 0 Å². The number of para-hydroxylation sites is 2. The first-order chi connectivity index (χ1) is 36.2. The van der Waals surface area contributed by atoms with E-state index >= 15 is 0 Å². The minimum absolute atomic E-state index is 0.0153. The smallest absolute Gasteiger partial charge is 0.0517 e. The summed E-state index contributed by atoms with van der Waals surface area (Å²) in [7, 11) is 0. The van der Waals surface area contributed by atoms with E-state index in [2.05, 4.69) is 232 Å². The van der Waals surface area contributed by atoms with E-state index in [9.17, 15) is 0 Å². The number of hydrogen-bond donors (Lipinski definition) is 0. The highest BCUT2D eigenvalue weighted by Gasteiger charge is 2.58. The van der Waals surface area contributed by atoms with Crippen LogP contribution in [0.15, 0.2) is 194 Å². The molecule has 10 aromatic rings. The fourth-order valence-electron chi connectivity index (χ4n) is 15.7. The summed E-state index contributed by atoms with van der Waals surface area (Å²) >= 11 is 0. The van der Waals surface area contributed by atoms with Crippen molar-refractivity contribution in [3.05, 3.63) is 205 Å². The Labute approximate surface area is 439 Å². The van der Waals surface area contributed by atoms with Crippen LogP contribution in [0.3, 0.4) is 0 Å². The number of anilines is 4. The fourth-order valence-corrected chi connectivity index (χ4v) is 15.7. The van der Waals surface area contributed by atoms with Gasteiger partial charge in [-0.3, -0.25) is 0 Å². The average Bonchev–Trinajstić information content (AvgIpc) is 3.74. The van der Waals surface area contributed by atoms with E-state index in [-0.39, 0.29) is 21.9 Å². The van der Waals surface area contributed by atoms with Gasteiger partial charge in [-0.05, 0) is 188 Å². The van der Waals surface area contributed by atoms with Gasteiger partial charge in [0.15, 0.2) is 0 Å². The highest BCUT2D eigenvalue weighted by molar-refractivity contribution is 6.32. The van der Waals surface area contributed by atoms with Gasteiger partial charge in [0, 0.05) is 33.6 Å². The van der Waals surface area contributed by atoms with Crippen molar-refractivity contribution in [1.29, 1.82) is 0 Å². The first-order valence-corrected chi connectivity index (χ1v) is 28.1. The lowest BCUT2D eigenvalue weighted by Crippen LogP contribution is -2.53. The molecule has 0 bridgehead atoms. The van der Waals surface area contributed by atoms with Crippen molar-refractivity contribution in [3.8, 4) is 44.5 Å². The first kappa shape index (κ1) is 45.5. The van der Waals surface area contributed by atoms with Gasteiger partial charge in [-0.2, -0.15) is 0 Å². The molecule has 0 amide bonds. The Hall–Kier alpha value is -7.16. The summed E-state index contributed by atoms with van der Waals surface area (Å²) in [6, 6.07) is 74.9. The second-order valence-corrected chi connectivity index (χ2v) is 23.6. The standard InChI is InChI=1S/C72H68N2/c1-69-41-21-5-7-23-43-71(69,3)73(53-29-17-11-18-30-53)65-39-33-51(45-63(65)69)61-47-59(49-25-13-9-14-26-49)55-36-38-58-62(48-60(50-27-15-10-16-28-50)56-35-37-57(61)67(55)68(56)58)52-34-40-66-64(46-52)70(2)42-22-6-8-24-44-72(70,4)74(66)54-31-19-12-20-32-54/h9-20,25-40,45-48H,5-8,21-24,41-44H2,1-4H3. The molecule has 10 aromatic carbocycles. The molecule has 2 aliphatic heterocycles. The predicted molar refractivity (Wildman–Crippen MR) is 316 cm³/mol. The Balaban J connectivity index is 1.03. The lowest BCUT2D eigenvalue weighted by molar-refractivity contribution is 0.218. The molecule has 2 nitrogen and oxygen atoms in total. The van der Waals surface area contributed by atoms with Crippen molar-refractivity contribution >= 4 is 55.1 Å². The second kappa shape index (κ2) is 17.2. The Morgan fingerprint density at radius 1 is 0.297 bits per heavy atom. The molecule has 366 valence electrons. The van der Waals surface area contributed by atoms with Gasteiger partial charge < -0.3 is 9.80 Å². The number of benzene rings is 10. The molecule has 2 saturated carbocycles. The van der Waals surface area contributed by atoms with Crippen molar-refractivity contribution in [3.63, 3.8) is 0 Å². The molecule has 0 N–H and O–H groups in total. The first-order valence-electron chi connectivity index (χ1n) is 28.1. The quantitative estimate of drug-likeness (QED) is 0.153. The summed E-state index contributed by atoms with van der Waals surface area (Å²) in [6.07, 6.45) is 15.0. The summed E-state index contributed by atoms with van der Waals surface area (Å²) < 4.78 is 0. The van der Waals surface area contributed by atoms with Crippen LogP contribution in [0.4, 0.5) is 22.7 Å². The number of nitrogens with zero attached hydrogens (tertiary/aromatic N) is 2. The van der Waals surface area contributed by atoms with Gasteiger partial charge in [0.1, 0.15) is 0 Å². The number of rotatable bonds is 6. The van der Waals surface area contributed by atoms with E-state index < -0.39 is 0 Å². The summed E-state index contributed by atoms with van der Waals surface area (Å²) in [5.41, 5.74) is 18.6. The SMILES string of the molecule is CC12CCCCCCC1(C)N(c1ccccc1)c1ccc(-c3cc(-c4ccccc4)c4ccc5c(-c6ccc7c(c6)C6(C)CCCCCCC6(C)N7c6ccccc6)cc(-c6ccccc6)c6ccc3c4c65)cc12. The van der Waals surface area contributed by atoms with Gasteiger partial charge >= 0.3 is 0 Å². The van der Waals surface area contributed by atoms with E-state index in [1.165, 1.54) is 188 Å². The maximum absolute atomic E-state index is 2.74. The average molecular weight is 961 g/mol. The number of fused-ring (bicyclic) bond motifs is 6. The minimum Gasteiger partial charge on any atom is -0.334 e. The third-order valence-electron chi connectivity index (χ3n) is 19.9. The van der Waals surface area contributed by atoms with Crippen molar-refractivity contribution in [1.82, 2.24) is 0 Å². The number of hydrogen-bond acceptors (Lipinski definition) is 2. The lowest BCUT2D eigenvalue weighted by Gasteiger charge is -2.48. The van der Waals surface area contributed by atoms with Crippen LogP contribution in [0.1, 0.15) is 116 Å². The van der Waals surface area contributed by atoms with Crippen molar-refractivity contribution in [2.45, 2.75) is 127 Å². The molecule has 0 aromatic heterocycles. The Morgan fingerprint density at radius 3 is 0.986 bits per heavy atom. The van der Waals surface area contributed by atoms with Crippen LogP contribution in [0.25, 0.3) is 76.8 Å². The third-order valence-corrected chi connectivity index (χ3v) is 19.9. The van der Waals surface area contributed by atoms with Gasteiger partial charge in [0.05, 0.1) is 11.1 Å². The maximum atomic E-state index is 2.74. The van der Waals surface area contributed by atoms with E-state index in [0.29, 0.717) is 0 Å². The second-order valence-electron chi connectivity index (χ2n) is 23.6. The fraction of sp³-hybridized carbons (Fsp3) is 0.278.